The van der Waals surface area contributed by atoms with Crippen molar-refractivity contribution in [3.63, 3.8) is 0 Å². The van der Waals surface area contributed by atoms with Gasteiger partial charge in [0.15, 0.2) is 0 Å². The van der Waals surface area contributed by atoms with Crippen molar-refractivity contribution in [1.29, 1.82) is 0 Å². The molecule has 0 aromatic rings. The Morgan fingerprint density at radius 1 is 0.700 bits per heavy atom. The summed E-state index contributed by atoms with van der Waals surface area (Å²) in [7, 11) is 1.60. The summed E-state index contributed by atoms with van der Waals surface area (Å²) in [5.74, 6) is -0.162. The number of hydrogen-bond donors (Lipinski definition) is 3. The van der Waals surface area contributed by atoms with Crippen LogP contribution in [0.15, 0.2) is 48.6 Å². The molecule has 3 N–H and O–H groups in total. The van der Waals surface area contributed by atoms with E-state index in [4.69, 9.17) is 9.05 Å². The molecule has 0 fully saturated rings. The number of phosphoric ester groups is 1. The summed E-state index contributed by atoms with van der Waals surface area (Å²) in [4.78, 5) is 22.8. The number of unbranched alkanes of at least 4 members (excludes halogenated alkanes) is 14. The molecule has 0 aliphatic heterocycles. The van der Waals surface area contributed by atoms with Crippen LogP contribution in [0.25, 0.3) is 0 Å². The molecule has 0 spiro atoms. The number of quaternary nitrogens is 1. The molecule has 0 rings (SSSR count). The van der Waals surface area contributed by atoms with Crippen LogP contribution in [-0.2, 0) is 18.4 Å². The number of allylic oxidation sites excluding steroid dienone is 8. The third-order valence-corrected chi connectivity index (χ3v) is 9.58. The minimum Gasteiger partial charge on any atom is -0.391 e. The van der Waals surface area contributed by atoms with Crippen LogP contribution < -0.4 is 5.32 Å². The highest BCUT2D eigenvalue weighted by Gasteiger charge is 2.28. The number of nitrogens with zero attached hydrogens (tertiary/aromatic N) is 1. The van der Waals surface area contributed by atoms with Crippen LogP contribution in [0.1, 0.15) is 155 Å². The molecule has 0 radical (unpaired) electrons. The first-order valence-electron chi connectivity index (χ1n) is 20.0. The summed E-state index contributed by atoms with van der Waals surface area (Å²) in [6, 6.07) is -0.757. The van der Waals surface area contributed by atoms with Crippen molar-refractivity contribution in [2.75, 3.05) is 40.9 Å². The van der Waals surface area contributed by atoms with Gasteiger partial charge in [-0.15, -0.1) is 0 Å². The van der Waals surface area contributed by atoms with Crippen LogP contribution in [0.2, 0.25) is 0 Å². The highest BCUT2D eigenvalue weighted by Crippen LogP contribution is 2.43. The number of rotatable bonds is 35. The lowest BCUT2D eigenvalue weighted by Gasteiger charge is -2.26. The van der Waals surface area contributed by atoms with Crippen LogP contribution in [0, 0.1) is 0 Å². The van der Waals surface area contributed by atoms with Gasteiger partial charge in [-0.05, 0) is 51.4 Å². The van der Waals surface area contributed by atoms with Gasteiger partial charge in [-0.25, -0.2) is 4.57 Å². The number of phosphoric acid groups is 1. The molecular weight excluding hydrogens is 647 g/mol. The van der Waals surface area contributed by atoms with E-state index in [1.807, 2.05) is 21.1 Å². The Morgan fingerprint density at radius 2 is 1.20 bits per heavy atom. The van der Waals surface area contributed by atoms with E-state index in [1.54, 1.807) is 0 Å². The molecule has 0 heterocycles. The molecule has 0 saturated carbocycles. The predicted molar refractivity (Wildman–Crippen MR) is 212 cm³/mol. The molecular formula is C41H78N2O6P+. The second-order valence-electron chi connectivity index (χ2n) is 14.6. The molecule has 0 bridgehead atoms. The van der Waals surface area contributed by atoms with Crippen molar-refractivity contribution < 1.29 is 32.9 Å². The van der Waals surface area contributed by atoms with Crippen LogP contribution in [0.3, 0.4) is 0 Å². The monoisotopic (exact) mass is 726 g/mol. The van der Waals surface area contributed by atoms with Crippen LogP contribution >= 0.6 is 7.82 Å². The number of aliphatic hydroxyl groups is 1. The minimum absolute atomic E-state index is 0.0710. The third kappa shape index (κ3) is 34.9. The van der Waals surface area contributed by atoms with Gasteiger partial charge in [0.25, 0.3) is 0 Å². The SMILES string of the molecule is CC/C=C\C/C=C\C/C=C\C/C=C\CCCCCCCCCCCCCCC(=O)NC(COP(=O)(O)OCC[N+](C)(C)C)C(O)CCCCC. The van der Waals surface area contributed by atoms with Gasteiger partial charge in [-0.3, -0.25) is 13.8 Å². The van der Waals surface area contributed by atoms with Crippen molar-refractivity contribution >= 4 is 13.7 Å². The zero-order chi connectivity index (χ0) is 37.2. The van der Waals surface area contributed by atoms with Crippen molar-refractivity contribution in [3.8, 4) is 0 Å². The van der Waals surface area contributed by atoms with Crippen LogP contribution in [0.4, 0.5) is 0 Å². The Hall–Kier alpha value is -1.54. The van der Waals surface area contributed by atoms with E-state index in [9.17, 15) is 19.4 Å². The maximum atomic E-state index is 12.7. The van der Waals surface area contributed by atoms with Gasteiger partial charge >= 0.3 is 7.82 Å². The lowest BCUT2D eigenvalue weighted by atomic mass is 10.0. The molecule has 8 nitrogen and oxygen atoms in total. The van der Waals surface area contributed by atoms with Crippen molar-refractivity contribution in [2.24, 2.45) is 0 Å². The van der Waals surface area contributed by atoms with Gasteiger partial charge < -0.3 is 19.8 Å². The van der Waals surface area contributed by atoms with E-state index in [2.05, 4.69) is 67.8 Å². The quantitative estimate of drug-likeness (QED) is 0.0260. The molecule has 0 aliphatic rings. The Kier molecular flexibility index (Phi) is 32.3. The van der Waals surface area contributed by atoms with Gasteiger partial charge in [-0.1, -0.05) is 146 Å². The lowest BCUT2D eigenvalue weighted by molar-refractivity contribution is -0.870. The van der Waals surface area contributed by atoms with Crippen LogP contribution in [-0.4, -0.2) is 73.4 Å². The Balaban J connectivity index is 3.94. The van der Waals surface area contributed by atoms with Gasteiger partial charge in [0.2, 0.25) is 5.91 Å². The van der Waals surface area contributed by atoms with E-state index >= 15 is 0 Å². The maximum Gasteiger partial charge on any atom is 0.472 e. The number of carbonyl (C=O) groups excluding carboxylic acids is 1. The van der Waals surface area contributed by atoms with Gasteiger partial charge in [0.1, 0.15) is 13.2 Å². The number of aliphatic hydroxyl groups excluding tert-OH is 1. The second-order valence-corrected chi connectivity index (χ2v) is 16.1. The van der Waals surface area contributed by atoms with E-state index in [0.717, 1.165) is 64.2 Å². The van der Waals surface area contributed by atoms with Gasteiger partial charge in [-0.2, -0.15) is 0 Å². The molecule has 0 aromatic carbocycles. The maximum absolute atomic E-state index is 12.7. The first-order chi connectivity index (χ1) is 24.0. The fraction of sp³-hybridized carbons (Fsp3) is 0.780. The third-order valence-electron chi connectivity index (χ3n) is 8.59. The van der Waals surface area contributed by atoms with E-state index in [-0.39, 0.29) is 19.1 Å². The molecule has 292 valence electrons. The fourth-order valence-electron chi connectivity index (χ4n) is 5.39. The lowest BCUT2D eigenvalue weighted by Crippen LogP contribution is -2.46. The molecule has 3 unspecified atom stereocenters. The van der Waals surface area contributed by atoms with Crippen LogP contribution in [0.5, 0.6) is 0 Å². The van der Waals surface area contributed by atoms with E-state index in [0.29, 0.717) is 23.9 Å². The number of hydrogen-bond acceptors (Lipinski definition) is 5. The average Bonchev–Trinajstić information content (AvgIpc) is 3.06. The fourth-order valence-corrected chi connectivity index (χ4v) is 6.12. The number of carbonyl (C=O) groups is 1. The zero-order valence-corrected chi connectivity index (χ0v) is 33.8. The zero-order valence-electron chi connectivity index (χ0n) is 32.9. The van der Waals surface area contributed by atoms with Crippen molar-refractivity contribution in [2.45, 2.75) is 167 Å². The molecule has 0 aromatic heterocycles. The smallest absolute Gasteiger partial charge is 0.391 e. The number of amides is 1. The first-order valence-corrected chi connectivity index (χ1v) is 21.5. The van der Waals surface area contributed by atoms with Crippen molar-refractivity contribution in [3.05, 3.63) is 48.6 Å². The summed E-state index contributed by atoms with van der Waals surface area (Å²) >= 11 is 0. The van der Waals surface area contributed by atoms with Gasteiger partial charge in [0, 0.05) is 6.42 Å². The highest BCUT2D eigenvalue weighted by atomic mass is 31.2. The average molecular weight is 726 g/mol. The Labute approximate surface area is 308 Å². The highest BCUT2D eigenvalue weighted by molar-refractivity contribution is 7.47. The number of likely N-dealkylation sites (N-methyl/N-ethyl adjacent to an activating group) is 1. The standard InChI is InChI=1S/C41H77N2O6P/c1-6-8-10-11-12-13-14-15-16-17-18-19-20-21-22-23-24-25-26-27-28-29-30-31-33-35-41(45)42-39(40(44)34-32-9-7-2)38-49-50(46,47)48-37-36-43(3,4)5/h8,10,12-13,15-16,18-19,39-40,44H,6-7,9,11,14,17,20-38H2,1-5H3,(H-,42,45,46,47)/p+1/b10-8-,13-12-,16-15-,19-18-. The topological polar surface area (TPSA) is 105 Å². The molecule has 0 aliphatic carbocycles. The van der Waals surface area contributed by atoms with Crippen molar-refractivity contribution in [1.82, 2.24) is 5.32 Å². The Bertz CT molecular complexity index is 959. The Morgan fingerprint density at radius 3 is 1.72 bits per heavy atom. The minimum atomic E-state index is -4.29. The summed E-state index contributed by atoms with van der Waals surface area (Å²) in [6.45, 7) is 4.59. The normalized spacial score (nSPS) is 15.1. The van der Waals surface area contributed by atoms with Gasteiger partial charge in [0.05, 0.1) is 39.9 Å². The largest absolute Gasteiger partial charge is 0.472 e. The first kappa shape index (κ1) is 48.5. The molecule has 0 saturated heterocycles. The predicted octanol–water partition coefficient (Wildman–Crippen LogP) is 10.5. The summed E-state index contributed by atoms with van der Waals surface area (Å²) < 4.78 is 23.2. The molecule has 3 atom stereocenters. The summed E-state index contributed by atoms with van der Waals surface area (Å²) in [5, 5.41) is 13.6. The molecule has 1 amide bonds. The number of nitrogens with one attached hydrogen (secondary N) is 1. The second kappa shape index (κ2) is 33.3. The summed E-state index contributed by atoms with van der Waals surface area (Å²) in [5.41, 5.74) is 0. The van der Waals surface area contributed by atoms with E-state index in [1.165, 1.54) is 64.2 Å². The summed E-state index contributed by atoms with van der Waals surface area (Å²) in [6.07, 6.45) is 40.8. The van der Waals surface area contributed by atoms with E-state index < -0.39 is 20.0 Å². The molecule has 9 heteroatoms. The molecule has 50 heavy (non-hydrogen) atoms.